The average Bonchev–Trinajstić information content (AvgIpc) is 1.69. The highest BCUT2D eigenvalue weighted by Crippen LogP contribution is 2.50. The maximum absolute atomic E-state index is 14.6. The molecule has 2 aromatic heterocycles. The number of allylic oxidation sites excluding steroid dienone is 2. The number of guanidine groups is 2. The van der Waals surface area contributed by atoms with Gasteiger partial charge in [0.2, 0.25) is 11.8 Å². The Hall–Kier alpha value is -9.17. The number of anilines is 2. The summed E-state index contributed by atoms with van der Waals surface area (Å²) in [5.41, 5.74) is 6.70. The number of Topliss-reactive ketones (excluding diaryl/α,β-unsaturated/α-hetero) is 1. The number of benzene rings is 4. The monoisotopic (exact) mass is 1840 g/mol. The molecule has 4 aromatic carbocycles. The van der Waals surface area contributed by atoms with E-state index in [4.69, 9.17) is 51.6 Å². The molecular weight excluding hydrogens is 1710 g/mol. The lowest BCUT2D eigenvalue weighted by Gasteiger charge is -2.46. The largest absolute Gasteiger partial charge is 0.857 e. The predicted molar refractivity (Wildman–Crippen MR) is 510 cm³/mol. The number of aromatic nitrogens is 4. The third-order valence-corrected chi connectivity index (χ3v) is 30.8. The van der Waals surface area contributed by atoms with Crippen LogP contribution in [-0.2, 0) is 66.9 Å². The third-order valence-electron chi connectivity index (χ3n) is 26.1. The summed E-state index contributed by atoms with van der Waals surface area (Å²) >= 11 is 12.9. The van der Waals surface area contributed by atoms with Gasteiger partial charge in [0, 0.05) is 163 Å². The number of nitrogens with one attached hydrogen (secondary N) is 2. The number of rotatable bonds is 27. The second-order valence-electron chi connectivity index (χ2n) is 35.3. The summed E-state index contributed by atoms with van der Waals surface area (Å²) in [5.74, 6) is 1.62. The first-order valence-electron chi connectivity index (χ1n) is 44.5. The number of nitrogens with zero attached hydrogens (tertiary/aromatic N) is 13. The van der Waals surface area contributed by atoms with E-state index in [0.29, 0.717) is 74.3 Å². The van der Waals surface area contributed by atoms with Gasteiger partial charge in [-0.2, -0.15) is 22.3 Å². The molecule has 2 saturated carbocycles. The predicted octanol–water partition coefficient (Wildman–Crippen LogP) is 14.0. The van der Waals surface area contributed by atoms with Crippen LogP contribution in [0.4, 0.5) is 11.4 Å². The number of ketones is 1. The van der Waals surface area contributed by atoms with Gasteiger partial charge in [0.05, 0.1) is 77.8 Å². The summed E-state index contributed by atoms with van der Waals surface area (Å²) in [4.78, 5) is 59.9. The lowest BCUT2D eigenvalue weighted by molar-refractivity contribution is -0.212. The summed E-state index contributed by atoms with van der Waals surface area (Å²) in [7, 11) is 2.48. The molecule has 127 heavy (non-hydrogen) atoms. The summed E-state index contributed by atoms with van der Waals surface area (Å²) in [6.45, 7) is 32.2. The molecule has 4 fully saturated rings. The highest BCUT2D eigenvalue weighted by Gasteiger charge is 2.47. The smallest absolute Gasteiger partial charge is 0.286 e. The molecule has 16 rings (SSSR count). The molecule has 4 aliphatic carbocycles. The molecule has 2 amide bonds. The lowest BCUT2D eigenvalue weighted by Crippen LogP contribution is -2.49. The van der Waals surface area contributed by atoms with Crippen LogP contribution in [0.15, 0.2) is 159 Å². The van der Waals surface area contributed by atoms with Crippen molar-refractivity contribution in [2.24, 2.45) is 72.7 Å². The van der Waals surface area contributed by atoms with E-state index in [9.17, 15) is 27.9 Å². The summed E-state index contributed by atoms with van der Waals surface area (Å²) < 4.78 is 79.9. The fourth-order valence-corrected chi connectivity index (χ4v) is 24.1. The fraction of sp³-hybridized carbons (Fsp3) is 0.537. The number of ether oxygens (including phenoxy) is 6. The maximum Gasteiger partial charge on any atom is 0.286 e. The minimum atomic E-state index is -3.73. The summed E-state index contributed by atoms with van der Waals surface area (Å²) in [6.07, 6.45) is 26.1. The molecule has 0 unspecified atom stereocenters. The number of aryl methyl sites for hydroxylation is 4. The molecule has 2 N–H and O–H groups in total. The number of carbonyl (C=O) groups is 3. The first-order chi connectivity index (χ1) is 60.7. The van der Waals surface area contributed by atoms with Gasteiger partial charge in [0.1, 0.15) is 17.1 Å². The Labute approximate surface area is 767 Å². The van der Waals surface area contributed by atoms with Crippen molar-refractivity contribution in [2.75, 3.05) is 147 Å². The number of aliphatic imine (C=N–C) groups is 2. The zero-order valence-electron chi connectivity index (χ0n) is 75.0. The highest BCUT2D eigenvalue weighted by atomic mass is 35.5. The van der Waals surface area contributed by atoms with Gasteiger partial charge in [0.25, 0.3) is 11.8 Å². The fourth-order valence-electron chi connectivity index (χ4n) is 19.6. The van der Waals surface area contributed by atoms with Crippen LogP contribution < -0.4 is 44.5 Å². The molecule has 0 bridgehead atoms. The Morgan fingerprint density at radius 2 is 1.07 bits per heavy atom. The molecule has 10 aliphatic rings. The number of amides is 2. The standard InChI is InChI=1S/C41H51ClN4O6S.C40H50ClN5O6S.2C7H13N3.H2S/c1-7-10-27(3)23-53(49,24-36(47)33-22-45(4)43-40(33)51-6)44-39(48)29-13-17-38-35(20-29)46(21-30-12-15-32(30)37(8-2)50-5)25-41(26-52-38)18-9-11-28-19-31(42)14-16-34(28)41;1-7-10-26(3)23-53(49,44-38(48)32-22-45(4)42-39(32)51-6)43-37(47)28-13-17-36-34(20-28)46(21-29-12-15-31(29)35(8-2)50-5)24-40(25-52-36)18-9-11-27-19-30(41)14-16-33(27)40;2*1-3-8-7-9-4-2-6-10(7)5-1;/h7-8,13-14,16-17,19-20,22,27,30,32,37H,1-2,9-12,15,18,21,23-26H2,3-6H3;7-8,13-14,16-17,19-20,22,26,29,31,35H,1-2,9-12,15,18,21,23-25H2,3-6H3,(H,43,44,47,48,49);2*1-6H2,(H,8,9);1H2/p-1/t27-,30-,32+,37-,41-,53+;26-,29-,31+,35-,40-,53-;;;/m00.../s1. The quantitative estimate of drug-likeness (QED) is 0.0209. The van der Waals surface area contributed by atoms with E-state index < -0.39 is 48.9 Å². The van der Waals surface area contributed by atoms with Gasteiger partial charge in [-0.1, -0.05) is 73.5 Å². The Bertz CT molecular complexity index is 5270. The molecule has 12 atom stereocenters. The van der Waals surface area contributed by atoms with Crippen molar-refractivity contribution in [2.45, 2.75) is 140 Å². The first kappa shape index (κ1) is 96.9. The number of hydrogen-bond donors (Lipinski definition) is 2. The molecule has 2 spiro atoms. The number of hydrogen-bond acceptors (Lipinski definition) is 22. The van der Waals surface area contributed by atoms with Gasteiger partial charge in [-0.05, 0) is 221 Å². The van der Waals surface area contributed by atoms with Crippen molar-refractivity contribution in [3.63, 3.8) is 0 Å². The third kappa shape index (κ3) is 23.4. The van der Waals surface area contributed by atoms with Crippen LogP contribution in [0.1, 0.15) is 163 Å². The Morgan fingerprint density at radius 3 is 1.51 bits per heavy atom. The SMILES string of the molecule is C1CN=C2NCCCN2C1.C1CN=C2NCCCN2C1.C=CC[C@H](C)C[S@@](=O)(CC(=O)c1cn(C)nc1OC)=NC(=O)c1ccc2c(c1)N(C[C@@H]1CC[C@H]1[C@H](C=C)OC)C[C@@]1(CCCc3cc(Cl)ccc31)CO2.C=CC[C@H](C)C[S@@](=O)(N=C([O-])c1cn(C)nc1OC)=NC(=O)c1ccc2c(c1)N(C[C@@H]1CC[C@H]1[C@H](C=C)OC)C[C@@]1(CCCc3cc(Cl)ccc31)CO2.S. The average molecular weight is 1840 g/mol. The van der Waals surface area contributed by atoms with Crippen LogP contribution in [0.5, 0.6) is 23.3 Å². The van der Waals surface area contributed by atoms with E-state index in [-0.39, 0.29) is 93.9 Å². The van der Waals surface area contributed by atoms with Crippen LogP contribution in [0.25, 0.3) is 0 Å². The molecule has 6 aromatic rings. The van der Waals surface area contributed by atoms with E-state index in [1.165, 1.54) is 110 Å². The van der Waals surface area contributed by atoms with Crippen molar-refractivity contribution in [3.8, 4) is 23.3 Å². The first-order valence-corrected chi connectivity index (χ1v) is 48.7. The summed E-state index contributed by atoms with van der Waals surface area (Å²) in [5, 5.41) is 29.7. The van der Waals surface area contributed by atoms with Crippen molar-refractivity contribution < 1.29 is 56.3 Å². The molecule has 688 valence electrons. The Balaban J connectivity index is 0.000000186. The van der Waals surface area contributed by atoms with Crippen molar-refractivity contribution >= 4 is 103 Å². The Kier molecular flexibility index (Phi) is 33.5. The van der Waals surface area contributed by atoms with Crippen molar-refractivity contribution in [3.05, 3.63) is 190 Å². The van der Waals surface area contributed by atoms with E-state index >= 15 is 0 Å². The van der Waals surface area contributed by atoms with Crippen LogP contribution in [0, 0.1) is 35.5 Å². The van der Waals surface area contributed by atoms with Crippen LogP contribution in [0.2, 0.25) is 10.0 Å². The van der Waals surface area contributed by atoms with Gasteiger partial charge < -0.3 is 63.8 Å². The molecule has 6 aliphatic heterocycles. The van der Waals surface area contributed by atoms with Crippen molar-refractivity contribution in [1.29, 1.82) is 0 Å². The van der Waals surface area contributed by atoms with E-state index in [1.807, 2.05) is 50.3 Å². The highest BCUT2D eigenvalue weighted by molar-refractivity contribution is 7.94. The van der Waals surface area contributed by atoms with Gasteiger partial charge in [0.15, 0.2) is 27.6 Å². The maximum atomic E-state index is 14.6. The van der Waals surface area contributed by atoms with E-state index in [1.54, 1.807) is 64.7 Å². The van der Waals surface area contributed by atoms with Crippen LogP contribution >= 0.6 is 36.7 Å². The van der Waals surface area contributed by atoms with E-state index in [0.717, 1.165) is 137 Å². The zero-order chi connectivity index (χ0) is 89.5. The van der Waals surface area contributed by atoms with Gasteiger partial charge >= 0.3 is 0 Å². The minimum Gasteiger partial charge on any atom is -0.857 e. The molecular formula is C95H128Cl2N15O12S3-. The topological polar surface area (TPSA) is 298 Å². The molecule has 0 radical (unpaired) electrons. The zero-order valence-corrected chi connectivity index (χ0v) is 79.1. The van der Waals surface area contributed by atoms with Crippen LogP contribution in [0.3, 0.4) is 0 Å². The number of halogens is 2. The van der Waals surface area contributed by atoms with Gasteiger partial charge in [-0.15, -0.1) is 40.9 Å². The molecule has 8 heterocycles. The van der Waals surface area contributed by atoms with E-state index in [2.05, 4.69) is 114 Å². The molecule has 2 saturated heterocycles. The molecule has 27 nitrogen and oxygen atoms in total. The van der Waals surface area contributed by atoms with Gasteiger partial charge in [-0.3, -0.25) is 33.7 Å². The summed E-state index contributed by atoms with van der Waals surface area (Å²) in [6, 6.07) is 22.9. The molecule has 32 heteroatoms. The number of fused-ring (bicyclic) bond motifs is 8. The second kappa shape index (κ2) is 44.0. The number of methoxy groups -OCH3 is 4. The second-order valence-corrected chi connectivity index (χ2v) is 40.4. The van der Waals surface area contributed by atoms with Gasteiger partial charge in [-0.25, -0.2) is 8.42 Å². The normalized spacial score (nSPS) is 23.1. The Morgan fingerprint density at radius 1 is 0.614 bits per heavy atom. The number of carbonyl (C=O) groups excluding carboxylic acids is 3. The van der Waals surface area contributed by atoms with Crippen molar-refractivity contribution in [1.82, 2.24) is 40.0 Å². The van der Waals surface area contributed by atoms with Crippen LogP contribution in [-0.4, -0.2) is 223 Å². The minimum absolute atomic E-state index is 0. The lowest BCUT2D eigenvalue weighted by atomic mass is 9.68.